The van der Waals surface area contributed by atoms with Crippen molar-refractivity contribution in [2.75, 3.05) is 19.7 Å². The summed E-state index contributed by atoms with van der Waals surface area (Å²) >= 11 is 0. The van der Waals surface area contributed by atoms with E-state index in [4.69, 9.17) is 4.74 Å². The number of nitrogens with zero attached hydrogens (tertiary/aromatic N) is 2. The molecule has 1 fully saturated rings. The van der Waals surface area contributed by atoms with Crippen LogP contribution >= 0.6 is 0 Å². The fourth-order valence-corrected chi connectivity index (χ4v) is 3.74. The van der Waals surface area contributed by atoms with Crippen molar-refractivity contribution in [3.8, 4) is 0 Å². The van der Waals surface area contributed by atoms with Gasteiger partial charge in [0, 0.05) is 29.6 Å². The van der Waals surface area contributed by atoms with Crippen LogP contribution in [0, 0.1) is 0 Å². The van der Waals surface area contributed by atoms with Crippen LogP contribution in [0.5, 0.6) is 0 Å². The highest BCUT2D eigenvalue weighted by Crippen LogP contribution is 2.25. The van der Waals surface area contributed by atoms with E-state index < -0.39 is 0 Å². The molecule has 1 amide bonds. The summed E-state index contributed by atoms with van der Waals surface area (Å²) in [6.45, 7) is 5.43. The van der Waals surface area contributed by atoms with Gasteiger partial charge in [0.15, 0.2) is 0 Å². The lowest BCUT2D eigenvalue weighted by molar-refractivity contribution is -0.0227. The number of aromatic nitrogens is 1. The van der Waals surface area contributed by atoms with Crippen molar-refractivity contribution in [2.24, 2.45) is 0 Å². The highest BCUT2D eigenvalue weighted by atomic mass is 16.5. The zero-order valence-corrected chi connectivity index (χ0v) is 16.2. The topological polar surface area (TPSA) is 51.5 Å². The fraction of sp³-hybridized carbons (Fsp3) is 0.304. The van der Waals surface area contributed by atoms with Gasteiger partial charge in [0.05, 0.1) is 18.7 Å². The third-order valence-corrected chi connectivity index (χ3v) is 5.26. The number of amides is 1. The molecule has 0 saturated carbocycles. The molecule has 3 aromatic rings. The first-order valence-electron chi connectivity index (χ1n) is 9.66. The first-order valence-corrected chi connectivity index (χ1v) is 9.66. The number of rotatable bonds is 3. The van der Waals surface area contributed by atoms with Gasteiger partial charge in [0.2, 0.25) is 0 Å². The summed E-state index contributed by atoms with van der Waals surface area (Å²) < 4.78 is 7.54. The molecule has 144 valence electrons. The lowest BCUT2D eigenvalue weighted by atomic mass is 10.0. The molecular formula is C23H24N2O3. The Morgan fingerprint density at radius 1 is 1.04 bits per heavy atom. The van der Waals surface area contributed by atoms with Gasteiger partial charge in [-0.15, -0.1) is 0 Å². The van der Waals surface area contributed by atoms with E-state index in [1.807, 2.05) is 67.3 Å². The summed E-state index contributed by atoms with van der Waals surface area (Å²) in [5.74, 6) is -0.0603. The van der Waals surface area contributed by atoms with Crippen molar-refractivity contribution < 1.29 is 9.53 Å². The van der Waals surface area contributed by atoms with E-state index in [9.17, 15) is 9.59 Å². The second-order valence-corrected chi connectivity index (χ2v) is 7.42. The van der Waals surface area contributed by atoms with Crippen molar-refractivity contribution in [2.45, 2.75) is 26.0 Å². The molecule has 5 nitrogen and oxygen atoms in total. The number of ether oxygens (including phenoxy) is 1. The zero-order valence-electron chi connectivity index (χ0n) is 16.2. The number of hydrogen-bond donors (Lipinski definition) is 0. The smallest absolute Gasteiger partial charge is 0.258 e. The molecule has 1 saturated heterocycles. The summed E-state index contributed by atoms with van der Waals surface area (Å²) in [6.07, 6.45) is 1.58. The maximum absolute atomic E-state index is 13.4. The maximum atomic E-state index is 13.4. The van der Waals surface area contributed by atoms with E-state index in [1.165, 1.54) is 0 Å². The summed E-state index contributed by atoms with van der Waals surface area (Å²) in [4.78, 5) is 28.0. The molecule has 2 aromatic carbocycles. The summed E-state index contributed by atoms with van der Waals surface area (Å²) in [5, 5.41) is 1.28. The van der Waals surface area contributed by atoms with E-state index in [0.29, 0.717) is 36.0 Å². The number of pyridine rings is 1. The molecular weight excluding hydrogens is 352 g/mol. The lowest BCUT2D eigenvalue weighted by Crippen LogP contribution is -2.42. The number of carbonyl (C=O) groups is 1. The second-order valence-electron chi connectivity index (χ2n) is 7.42. The Labute approximate surface area is 164 Å². The molecule has 28 heavy (non-hydrogen) atoms. The third-order valence-electron chi connectivity index (χ3n) is 5.26. The Bertz CT molecular complexity index is 1060. The van der Waals surface area contributed by atoms with Gasteiger partial charge in [-0.25, -0.2) is 0 Å². The third kappa shape index (κ3) is 3.34. The normalized spacial score (nSPS) is 17.2. The molecule has 5 heteroatoms. The van der Waals surface area contributed by atoms with Gasteiger partial charge >= 0.3 is 0 Å². The molecule has 1 atom stereocenters. The van der Waals surface area contributed by atoms with Crippen LogP contribution in [0.25, 0.3) is 10.8 Å². The van der Waals surface area contributed by atoms with Gasteiger partial charge in [-0.05, 0) is 25.5 Å². The van der Waals surface area contributed by atoms with Crippen LogP contribution in [0.2, 0.25) is 0 Å². The highest BCUT2D eigenvalue weighted by Gasteiger charge is 2.27. The van der Waals surface area contributed by atoms with Crippen LogP contribution in [0.3, 0.4) is 0 Å². The van der Waals surface area contributed by atoms with Gasteiger partial charge < -0.3 is 14.2 Å². The maximum Gasteiger partial charge on any atom is 0.258 e. The van der Waals surface area contributed by atoms with Crippen molar-refractivity contribution >= 4 is 16.7 Å². The van der Waals surface area contributed by atoms with Crippen molar-refractivity contribution in [3.63, 3.8) is 0 Å². The van der Waals surface area contributed by atoms with Gasteiger partial charge in [0.25, 0.3) is 11.5 Å². The average molecular weight is 376 g/mol. The Kier molecular flexibility index (Phi) is 5.01. The van der Waals surface area contributed by atoms with Crippen LogP contribution in [-0.2, 0) is 4.74 Å². The van der Waals surface area contributed by atoms with Gasteiger partial charge in [-0.1, -0.05) is 48.5 Å². The molecule has 0 N–H and O–H groups in total. The minimum absolute atomic E-state index is 0.0228. The first kappa shape index (κ1) is 18.4. The van der Waals surface area contributed by atoms with Crippen LogP contribution in [0.4, 0.5) is 0 Å². The van der Waals surface area contributed by atoms with Gasteiger partial charge in [-0.2, -0.15) is 0 Å². The highest BCUT2D eigenvalue weighted by molar-refractivity contribution is 6.06. The predicted octanol–water partition coefficient (Wildman–Crippen LogP) is 3.80. The van der Waals surface area contributed by atoms with Crippen molar-refractivity contribution in [1.29, 1.82) is 0 Å². The minimum Gasteiger partial charge on any atom is -0.370 e. The number of carbonyl (C=O) groups excluding carboxylic acids is 1. The zero-order chi connectivity index (χ0) is 19.7. The van der Waals surface area contributed by atoms with Gasteiger partial charge in [0.1, 0.15) is 6.10 Å². The van der Waals surface area contributed by atoms with E-state index in [2.05, 4.69) is 0 Å². The average Bonchev–Trinajstić information content (AvgIpc) is 2.74. The van der Waals surface area contributed by atoms with Crippen LogP contribution in [-0.4, -0.2) is 35.1 Å². The SMILES string of the molecule is CC(C)n1cc(C(=O)N2CCO[C@@H](c3ccccc3)C2)c2ccccc2c1=O. The monoisotopic (exact) mass is 376 g/mol. The largest absolute Gasteiger partial charge is 0.370 e. The minimum atomic E-state index is -0.138. The van der Waals surface area contributed by atoms with Crippen LogP contribution in [0.15, 0.2) is 65.6 Å². The molecule has 1 aliphatic heterocycles. The lowest BCUT2D eigenvalue weighted by Gasteiger charge is -2.33. The molecule has 0 bridgehead atoms. The first-order chi connectivity index (χ1) is 13.6. The molecule has 2 heterocycles. The summed E-state index contributed by atoms with van der Waals surface area (Å²) in [6, 6.07) is 17.3. The Morgan fingerprint density at radius 3 is 2.43 bits per heavy atom. The standard InChI is InChI=1S/C23H24N2O3/c1-16(2)25-14-20(18-10-6-7-11-19(18)23(25)27)22(26)24-12-13-28-21(15-24)17-8-4-3-5-9-17/h3-11,14,16,21H,12-13,15H2,1-2H3/t21-/m1/s1. The van der Waals surface area contributed by atoms with E-state index in [0.717, 1.165) is 5.56 Å². The molecule has 1 aromatic heterocycles. The van der Waals surface area contributed by atoms with E-state index >= 15 is 0 Å². The molecule has 0 unspecified atom stereocenters. The molecule has 4 rings (SSSR count). The molecule has 0 radical (unpaired) electrons. The van der Waals surface area contributed by atoms with E-state index in [1.54, 1.807) is 16.8 Å². The number of hydrogen-bond acceptors (Lipinski definition) is 3. The van der Waals surface area contributed by atoms with Crippen molar-refractivity contribution in [1.82, 2.24) is 9.47 Å². The summed E-state index contributed by atoms with van der Waals surface area (Å²) in [5.41, 5.74) is 1.57. The molecule has 0 spiro atoms. The Morgan fingerprint density at radius 2 is 1.71 bits per heavy atom. The van der Waals surface area contributed by atoms with Gasteiger partial charge in [-0.3, -0.25) is 9.59 Å². The number of benzene rings is 2. The number of fused-ring (bicyclic) bond motifs is 1. The fourth-order valence-electron chi connectivity index (χ4n) is 3.74. The van der Waals surface area contributed by atoms with E-state index in [-0.39, 0.29) is 23.6 Å². The predicted molar refractivity (Wildman–Crippen MR) is 110 cm³/mol. The molecule has 1 aliphatic rings. The number of morpholine rings is 1. The van der Waals surface area contributed by atoms with Crippen molar-refractivity contribution in [3.05, 3.63) is 82.3 Å². The Hall–Kier alpha value is -2.92. The summed E-state index contributed by atoms with van der Waals surface area (Å²) in [7, 11) is 0. The Balaban J connectivity index is 1.72. The van der Waals surface area contributed by atoms with Crippen LogP contribution < -0.4 is 5.56 Å². The second kappa shape index (κ2) is 7.60. The molecule has 0 aliphatic carbocycles. The quantitative estimate of drug-likeness (QED) is 0.699. The van der Waals surface area contributed by atoms with Crippen LogP contribution in [0.1, 0.15) is 41.9 Å².